The maximum Gasteiger partial charge on any atom is 0.344 e. The molecule has 6 heteroatoms. The second-order valence-corrected chi connectivity index (χ2v) is 7.44. The number of aliphatic hydroxyl groups excluding tert-OH is 1. The summed E-state index contributed by atoms with van der Waals surface area (Å²) >= 11 is 0. The van der Waals surface area contributed by atoms with E-state index in [0.29, 0.717) is 28.9 Å². The number of aliphatic hydroxyl groups is 1. The van der Waals surface area contributed by atoms with E-state index in [1.54, 1.807) is 36.4 Å². The predicted octanol–water partition coefficient (Wildman–Crippen LogP) is 3.56. The summed E-state index contributed by atoms with van der Waals surface area (Å²) in [5.74, 6) is 0.178. The van der Waals surface area contributed by atoms with Gasteiger partial charge >= 0.3 is 5.63 Å². The first kappa shape index (κ1) is 21.3. The second-order valence-electron chi connectivity index (χ2n) is 7.44. The lowest BCUT2D eigenvalue weighted by Crippen LogP contribution is -2.41. The summed E-state index contributed by atoms with van der Waals surface area (Å²) in [5, 5.41) is 13.2. The molecular weight excluding hydrogens is 406 g/mol. The van der Waals surface area contributed by atoms with Crippen molar-refractivity contribution < 1.29 is 19.1 Å². The van der Waals surface area contributed by atoms with Crippen LogP contribution in [0.2, 0.25) is 0 Å². The summed E-state index contributed by atoms with van der Waals surface area (Å²) in [6, 6.07) is 25.3. The van der Waals surface area contributed by atoms with Crippen molar-refractivity contribution in [2.75, 3.05) is 13.2 Å². The summed E-state index contributed by atoms with van der Waals surface area (Å²) < 4.78 is 10.9. The van der Waals surface area contributed by atoms with Gasteiger partial charge in [0.15, 0.2) is 6.61 Å². The minimum Gasteiger partial charge on any atom is -0.484 e. The van der Waals surface area contributed by atoms with E-state index in [0.717, 1.165) is 10.9 Å². The number of fused-ring (bicyclic) bond motifs is 1. The van der Waals surface area contributed by atoms with E-state index in [-0.39, 0.29) is 25.2 Å². The molecule has 0 aliphatic rings. The maximum atomic E-state index is 12.3. The molecule has 0 fully saturated rings. The van der Waals surface area contributed by atoms with E-state index in [1.807, 2.05) is 48.5 Å². The molecule has 2 N–H and O–H groups in total. The summed E-state index contributed by atoms with van der Waals surface area (Å²) in [4.78, 5) is 24.6. The van der Waals surface area contributed by atoms with Crippen LogP contribution >= 0.6 is 0 Å². The number of amides is 1. The number of hydrogen-bond acceptors (Lipinski definition) is 5. The number of ether oxygens (including phenoxy) is 1. The van der Waals surface area contributed by atoms with Crippen molar-refractivity contribution in [2.45, 2.75) is 12.5 Å². The molecule has 0 spiro atoms. The SMILES string of the molecule is O=C(COc1ccc(-c2cc3ccccc3oc2=O)cc1)N[C@@H](CO)Cc1ccccc1. The van der Waals surface area contributed by atoms with Crippen LogP contribution in [0.1, 0.15) is 5.56 Å². The van der Waals surface area contributed by atoms with Crippen LogP contribution < -0.4 is 15.7 Å². The zero-order valence-electron chi connectivity index (χ0n) is 17.4. The third-order valence-corrected chi connectivity index (χ3v) is 5.09. The van der Waals surface area contributed by atoms with Gasteiger partial charge in [-0.1, -0.05) is 60.7 Å². The van der Waals surface area contributed by atoms with Gasteiger partial charge in [0.25, 0.3) is 5.91 Å². The van der Waals surface area contributed by atoms with Gasteiger partial charge in [0.2, 0.25) is 0 Å². The fraction of sp³-hybridized carbons (Fsp3) is 0.154. The Bertz CT molecular complexity index is 1250. The lowest BCUT2D eigenvalue weighted by molar-refractivity contribution is -0.124. The number of para-hydroxylation sites is 1. The third-order valence-electron chi connectivity index (χ3n) is 5.09. The van der Waals surface area contributed by atoms with Crippen molar-refractivity contribution in [2.24, 2.45) is 0 Å². The number of carbonyl (C=O) groups excluding carboxylic acids is 1. The molecule has 1 amide bonds. The maximum absolute atomic E-state index is 12.3. The highest BCUT2D eigenvalue weighted by Crippen LogP contribution is 2.23. The smallest absolute Gasteiger partial charge is 0.344 e. The van der Waals surface area contributed by atoms with Gasteiger partial charge in [0, 0.05) is 5.39 Å². The highest BCUT2D eigenvalue weighted by molar-refractivity contribution is 5.81. The van der Waals surface area contributed by atoms with Gasteiger partial charge in [0.1, 0.15) is 11.3 Å². The molecule has 0 aliphatic carbocycles. The lowest BCUT2D eigenvalue weighted by Gasteiger charge is -2.16. The van der Waals surface area contributed by atoms with Crippen molar-refractivity contribution in [3.63, 3.8) is 0 Å². The molecule has 0 saturated heterocycles. The largest absolute Gasteiger partial charge is 0.484 e. The van der Waals surface area contributed by atoms with Crippen LogP contribution in [0.4, 0.5) is 0 Å². The van der Waals surface area contributed by atoms with Crippen LogP contribution in [0.5, 0.6) is 5.75 Å². The fourth-order valence-electron chi connectivity index (χ4n) is 3.47. The van der Waals surface area contributed by atoms with E-state index >= 15 is 0 Å². The van der Waals surface area contributed by atoms with E-state index in [9.17, 15) is 14.7 Å². The zero-order valence-corrected chi connectivity index (χ0v) is 17.4. The Balaban J connectivity index is 1.36. The van der Waals surface area contributed by atoms with E-state index in [2.05, 4.69) is 5.32 Å². The molecule has 1 aromatic heterocycles. The summed E-state index contributed by atoms with van der Waals surface area (Å²) in [5.41, 5.74) is 2.32. The number of hydrogen-bond donors (Lipinski definition) is 2. The number of carbonyl (C=O) groups is 1. The molecule has 6 nitrogen and oxygen atoms in total. The molecule has 162 valence electrons. The predicted molar refractivity (Wildman–Crippen MR) is 123 cm³/mol. The van der Waals surface area contributed by atoms with Gasteiger partial charge in [-0.3, -0.25) is 4.79 Å². The molecular formula is C26H23NO5. The van der Waals surface area contributed by atoms with Gasteiger partial charge in [-0.15, -0.1) is 0 Å². The molecule has 3 aromatic carbocycles. The van der Waals surface area contributed by atoms with Crippen molar-refractivity contribution >= 4 is 16.9 Å². The molecule has 4 aromatic rings. The van der Waals surface area contributed by atoms with Gasteiger partial charge in [-0.05, 0) is 41.8 Å². The van der Waals surface area contributed by atoms with Gasteiger partial charge in [0.05, 0.1) is 18.2 Å². The van der Waals surface area contributed by atoms with Crippen molar-refractivity contribution in [3.8, 4) is 16.9 Å². The molecule has 0 radical (unpaired) electrons. The van der Waals surface area contributed by atoms with Crippen molar-refractivity contribution in [3.05, 3.63) is 101 Å². The summed E-state index contributed by atoms with van der Waals surface area (Å²) in [6.45, 7) is -0.341. The Morgan fingerprint density at radius 1 is 0.969 bits per heavy atom. The first-order valence-electron chi connectivity index (χ1n) is 10.3. The lowest BCUT2D eigenvalue weighted by atomic mass is 10.1. The van der Waals surface area contributed by atoms with Gasteiger partial charge in [-0.25, -0.2) is 4.79 Å². The van der Waals surface area contributed by atoms with Crippen LogP contribution in [0.3, 0.4) is 0 Å². The molecule has 4 rings (SSSR count). The topological polar surface area (TPSA) is 88.8 Å². The summed E-state index contributed by atoms with van der Waals surface area (Å²) in [6.07, 6.45) is 0.534. The highest BCUT2D eigenvalue weighted by atomic mass is 16.5. The number of benzene rings is 3. The van der Waals surface area contributed by atoms with Crippen LogP contribution in [0, 0.1) is 0 Å². The Morgan fingerprint density at radius 2 is 1.69 bits per heavy atom. The van der Waals surface area contributed by atoms with E-state index < -0.39 is 5.63 Å². The quantitative estimate of drug-likeness (QED) is 0.418. The van der Waals surface area contributed by atoms with Crippen LogP contribution in [0.15, 0.2) is 94.1 Å². The average Bonchev–Trinajstić information content (AvgIpc) is 2.83. The second kappa shape index (κ2) is 9.94. The highest BCUT2D eigenvalue weighted by Gasteiger charge is 2.13. The Kier molecular flexibility index (Phi) is 6.63. The van der Waals surface area contributed by atoms with Gasteiger partial charge < -0.3 is 19.6 Å². The minimum absolute atomic E-state index is 0.163. The summed E-state index contributed by atoms with van der Waals surface area (Å²) in [7, 11) is 0. The van der Waals surface area contributed by atoms with Crippen molar-refractivity contribution in [1.29, 1.82) is 0 Å². The van der Waals surface area contributed by atoms with Gasteiger partial charge in [-0.2, -0.15) is 0 Å². The zero-order chi connectivity index (χ0) is 22.3. The Hall–Kier alpha value is -3.90. The molecule has 0 unspecified atom stereocenters. The standard InChI is InChI=1S/C26H23NO5/c28-16-21(14-18-6-2-1-3-7-18)27-25(29)17-31-22-12-10-19(11-13-22)23-15-20-8-4-5-9-24(20)32-26(23)30/h1-13,15,21,28H,14,16-17H2,(H,27,29)/t21-/m1/s1. The Labute approximate surface area is 185 Å². The van der Waals surface area contributed by atoms with Crippen molar-refractivity contribution in [1.82, 2.24) is 5.32 Å². The van der Waals surface area contributed by atoms with Crippen LogP contribution in [0.25, 0.3) is 22.1 Å². The first-order chi connectivity index (χ1) is 15.6. The normalized spacial score (nSPS) is 11.8. The third kappa shape index (κ3) is 5.22. The van der Waals surface area contributed by atoms with E-state index in [4.69, 9.17) is 9.15 Å². The monoisotopic (exact) mass is 429 g/mol. The molecule has 1 atom stereocenters. The fourth-order valence-corrected chi connectivity index (χ4v) is 3.47. The molecule has 0 aliphatic heterocycles. The molecule has 1 heterocycles. The Morgan fingerprint density at radius 3 is 2.44 bits per heavy atom. The molecule has 32 heavy (non-hydrogen) atoms. The van der Waals surface area contributed by atoms with Crippen LogP contribution in [-0.2, 0) is 11.2 Å². The number of rotatable bonds is 8. The van der Waals surface area contributed by atoms with E-state index in [1.165, 1.54) is 0 Å². The van der Waals surface area contributed by atoms with Crippen LogP contribution in [-0.4, -0.2) is 30.3 Å². The first-order valence-corrected chi connectivity index (χ1v) is 10.3. The molecule has 0 bridgehead atoms. The number of nitrogens with one attached hydrogen (secondary N) is 1. The minimum atomic E-state index is -0.412. The molecule has 0 saturated carbocycles. The average molecular weight is 429 g/mol.